The third-order valence-corrected chi connectivity index (χ3v) is 4.14. The zero-order valence-corrected chi connectivity index (χ0v) is 18.2. The van der Waals surface area contributed by atoms with Crippen LogP contribution in [0.5, 0.6) is 0 Å². The van der Waals surface area contributed by atoms with Crippen molar-refractivity contribution in [3.05, 3.63) is 69.8 Å². The van der Waals surface area contributed by atoms with Crippen LogP contribution >= 0.6 is 12.2 Å². The van der Waals surface area contributed by atoms with Crippen LogP contribution in [-0.4, -0.2) is 34.3 Å². The molecule has 0 aliphatic carbocycles. The lowest BCUT2D eigenvalue weighted by Crippen LogP contribution is -2.52. The number of nitrogens with one attached hydrogen (secondary N) is 3. The predicted octanol–water partition coefficient (Wildman–Crippen LogP) is 3.76. The summed E-state index contributed by atoms with van der Waals surface area (Å²) in [4.78, 5) is 23.1. The predicted molar refractivity (Wildman–Crippen MR) is 121 cm³/mol. The first kappa shape index (κ1) is 23.2. The number of thiocarbonyl (C=S) groups is 1. The number of hydrogen-bond acceptors (Lipinski definition) is 5. The largest absolute Gasteiger partial charge is 0.372 e. The first-order valence-electron chi connectivity index (χ1n) is 9.37. The maximum atomic E-state index is 12.6. The van der Waals surface area contributed by atoms with Crippen LogP contribution in [0.15, 0.2) is 48.5 Å². The number of anilines is 1. The number of ether oxygens (including phenoxy) is 1. The lowest BCUT2D eigenvalue weighted by atomic mass is 10.1. The van der Waals surface area contributed by atoms with E-state index >= 15 is 0 Å². The summed E-state index contributed by atoms with van der Waals surface area (Å²) >= 11 is 5.32. The fourth-order valence-electron chi connectivity index (χ4n) is 2.42. The van der Waals surface area contributed by atoms with Gasteiger partial charge in [-0.1, -0.05) is 23.8 Å². The summed E-state index contributed by atoms with van der Waals surface area (Å²) in [7, 11) is 0. The van der Waals surface area contributed by atoms with Crippen LogP contribution in [-0.2, 0) is 4.74 Å². The summed E-state index contributed by atoms with van der Waals surface area (Å²) in [5, 5.41) is 19.9. The van der Waals surface area contributed by atoms with E-state index in [4.69, 9.17) is 17.0 Å². The molecule has 0 unspecified atom stereocenters. The quantitative estimate of drug-likeness (QED) is 0.266. The smallest absolute Gasteiger partial charge is 0.271 e. The zero-order valence-electron chi connectivity index (χ0n) is 17.4. The van der Waals surface area contributed by atoms with Crippen molar-refractivity contribution in [1.82, 2.24) is 10.6 Å². The lowest BCUT2D eigenvalue weighted by molar-refractivity contribution is -0.384. The van der Waals surface area contributed by atoms with E-state index in [0.29, 0.717) is 11.3 Å². The average Bonchev–Trinajstić information content (AvgIpc) is 2.66. The van der Waals surface area contributed by atoms with Gasteiger partial charge in [0.05, 0.1) is 17.1 Å². The van der Waals surface area contributed by atoms with Crippen LogP contribution in [0.4, 0.5) is 11.4 Å². The number of non-ortho nitro benzene ring substituents is 1. The molecule has 30 heavy (non-hydrogen) atoms. The molecule has 2 rings (SSSR count). The SMILES string of the molecule is Cc1ccc(C(=O)N[C@@H](COC(C)(C)C)NC(=S)Nc2cccc([N+](=O)[O-])c2)cc1. The second-order valence-electron chi connectivity index (χ2n) is 7.72. The Balaban J connectivity index is 2.07. The van der Waals surface area contributed by atoms with Crippen LogP contribution < -0.4 is 16.0 Å². The number of benzene rings is 2. The van der Waals surface area contributed by atoms with E-state index in [1.165, 1.54) is 12.1 Å². The Morgan fingerprint density at radius 3 is 2.43 bits per heavy atom. The first-order chi connectivity index (χ1) is 14.0. The van der Waals surface area contributed by atoms with E-state index in [9.17, 15) is 14.9 Å². The van der Waals surface area contributed by atoms with Crippen LogP contribution in [0.1, 0.15) is 36.7 Å². The van der Waals surface area contributed by atoms with Gasteiger partial charge in [0.2, 0.25) is 0 Å². The Morgan fingerprint density at radius 2 is 1.83 bits per heavy atom. The second kappa shape index (κ2) is 10.1. The van der Waals surface area contributed by atoms with Gasteiger partial charge in [0.25, 0.3) is 11.6 Å². The van der Waals surface area contributed by atoms with E-state index in [0.717, 1.165) is 5.56 Å². The minimum atomic E-state index is -0.614. The molecule has 0 aliphatic rings. The molecule has 0 saturated heterocycles. The van der Waals surface area contributed by atoms with Crippen molar-refractivity contribution in [2.24, 2.45) is 0 Å². The highest BCUT2D eigenvalue weighted by atomic mass is 32.1. The molecule has 2 aromatic rings. The molecule has 160 valence electrons. The zero-order chi connectivity index (χ0) is 22.3. The number of nitrogens with zero attached hydrogens (tertiary/aromatic N) is 1. The summed E-state index contributed by atoms with van der Waals surface area (Å²) < 4.78 is 5.80. The number of nitro benzene ring substituents is 1. The van der Waals surface area contributed by atoms with Gasteiger partial charge in [0.15, 0.2) is 5.11 Å². The third-order valence-electron chi connectivity index (χ3n) is 3.92. The number of rotatable bonds is 7. The van der Waals surface area contributed by atoms with Crippen molar-refractivity contribution in [2.45, 2.75) is 39.5 Å². The molecular formula is C21H26N4O4S. The molecule has 0 spiro atoms. The van der Waals surface area contributed by atoms with E-state index < -0.39 is 16.7 Å². The lowest BCUT2D eigenvalue weighted by Gasteiger charge is -2.27. The Labute approximate surface area is 181 Å². The molecule has 0 aliphatic heterocycles. The van der Waals surface area contributed by atoms with Crippen LogP contribution in [0, 0.1) is 17.0 Å². The molecule has 2 aromatic carbocycles. The number of aryl methyl sites for hydroxylation is 1. The number of carbonyl (C=O) groups excluding carboxylic acids is 1. The van der Waals surface area contributed by atoms with Gasteiger partial charge in [-0.25, -0.2) is 0 Å². The molecule has 3 N–H and O–H groups in total. The minimum absolute atomic E-state index is 0.0527. The summed E-state index contributed by atoms with van der Waals surface area (Å²) in [6.07, 6.45) is -0.614. The van der Waals surface area contributed by atoms with Gasteiger partial charge in [0.1, 0.15) is 6.17 Å². The Kier molecular flexibility index (Phi) is 7.85. The highest BCUT2D eigenvalue weighted by Crippen LogP contribution is 2.17. The normalized spacial score (nSPS) is 12.0. The molecule has 0 heterocycles. The third kappa shape index (κ3) is 7.76. The van der Waals surface area contributed by atoms with Crippen molar-refractivity contribution in [3.63, 3.8) is 0 Å². The number of nitro groups is 1. The van der Waals surface area contributed by atoms with E-state index in [1.807, 2.05) is 39.8 Å². The second-order valence-corrected chi connectivity index (χ2v) is 8.13. The van der Waals surface area contributed by atoms with Gasteiger partial charge in [-0.15, -0.1) is 0 Å². The van der Waals surface area contributed by atoms with Crippen LogP contribution in [0.25, 0.3) is 0 Å². The fraction of sp³-hybridized carbons (Fsp3) is 0.333. The fourth-order valence-corrected chi connectivity index (χ4v) is 2.68. The van der Waals surface area contributed by atoms with Gasteiger partial charge < -0.3 is 20.7 Å². The Hall–Kier alpha value is -3.04. The van der Waals surface area contributed by atoms with Gasteiger partial charge in [0, 0.05) is 23.4 Å². The first-order valence-corrected chi connectivity index (χ1v) is 9.78. The highest BCUT2D eigenvalue weighted by molar-refractivity contribution is 7.80. The summed E-state index contributed by atoms with van der Waals surface area (Å²) in [6, 6.07) is 13.2. The maximum absolute atomic E-state index is 12.6. The molecule has 0 radical (unpaired) electrons. The summed E-state index contributed by atoms with van der Waals surface area (Å²) in [6.45, 7) is 7.83. The van der Waals surface area contributed by atoms with Gasteiger partial charge in [-0.2, -0.15) is 0 Å². The topological polar surface area (TPSA) is 106 Å². The molecule has 8 nitrogen and oxygen atoms in total. The van der Waals surface area contributed by atoms with Crippen molar-refractivity contribution < 1.29 is 14.5 Å². The molecule has 0 bridgehead atoms. The van der Waals surface area contributed by atoms with Crippen LogP contribution in [0.3, 0.4) is 0 Å². The number of hydrogen-bond donors (Lipinski definition) is 3. The van der Waals surface area contributed by atoms with Crippen molar-refractivity contribution >= 4 is 34.6 Å². The minimum Gasteiger partial charge on any atom is -0.372 e. The Bertz CT molecular complexity index is 910. The average molecular weight is 431 g/mol. The van der Waals surface area contributed by atoms with E-state index in [2.05, 4.69) is 16.0 Å². The number of amides is 1. The van der Waals surface area contributed by atoms with Gasteiger partial charge >= 0.3 is 0 Å². The van der Waals surface area contributed by atoms with Crippen molar-refractivity contribution in [3.8, 4) is 0 Å². The summed E-state index contributed by atoms with van der Waals surface area (Å²) in [5.41, 5.74) is 1.56. The standard InChI is InChI=1S/C21H26N4O4S/c1-14-8-10-15(11-9-14)19(26)23-18(13-29-21(2,3)4)24-20(30)22-16-6-5-7-17(12-16)25(27)28/h5-12,18H,13H2,1-4H3,(H,23,26)(H2,22,24,30)/t18-/m1/s1. The molecule has 1 atom stereocenters. The van der Waals surface area contributed by atoms with Crippen molar-refractivity contribution in [2.75, 3.05) is 11.9 Å². The van der Waals surface area contributed by atoms with Crippen LogP contribution in [0.2, 0.25) is 0 Å². The van der Waals surface area contributed by atoms with Gasteiger partial charge in [-0.3, -0.25) is 14.9 Å². The van der Waals surface area contributed by atoms with E-state index in [-0.39, 0.29) is 23.3 Å². The molecule has 1 amide bonds. The van der Waals surface area contributed by atoms with Gasteiger partial charge in [-0.05, 0) is 58.1 Å². The Morgan fingerprint density at radius 1 is 1.17 bits per heavy atom. The molecule has 9 heteroatoms. The molecule has 0 saturated carbocycles. The maximum Gasteiger partial charge on any atom is 0.271 e. The van der Waals surface area contributed by atoms with E-state index in [1.54, 1.807) is 24.3 Å². The number of carbonyl (C=O) groups is 1. The molecule has 0 aromatic heterocycles. The monoisotopic (exact) mass is 430 g/mol. The highest BCUT2D eigenvalue weighted by Gasteiger charge is 2.19. The molecule has 0 fully saturated rings. The van der Waals surface area contributed by atoms with Crippen molar-refractivity contribution in [1.29, 1.82) is 0 Å². The summed E-state index contributed by atoms with van der Waals surface area (Å²) in [5.74, 6) is -0.275. The molecular weight excluding hydrogens is 404 g/mol.